The van der Waals surface area contributed by atoms with Crippen molar-refractivity contribution in [1.29, 1.82) is 0 Å². The van der Waals surface area contributed by atoms with Crippen LogP contribution in [0.3, 0.4) is 0 Å². The molecule has 2 aliphatic heterocycles. The van der Waals surface area contributed by atoms with E-state index in [1.807, 2.05) is 6.07 Å². The van der Waals surface area contributed by atoms with Crippen LogP contribution >= 0.6 is 0 Å². The number of aromatic nitrogens is 1. The smallest absolute Gasteiger partial charge is 0.209 e. The molecule has 0 amide bonds. The SMILES string of the molecule is C(#CC12CCCCN1CC2)c1ccno1. The van der Waals surface area contributed by atoms with Gasteiger partial charge in [-0.3, -0.25) is 4.90 Å². The molecule has 3 heterocycles. The molecule has 0 N–H and O–H groups in total. The van der Waals surface area contributed by atoms with Crippen molar-refractivity contribution in [1.82, 2.24) is 10.1 Å². The van der Waals surface area contributed by atoms with Crippen molar-refractivity contribution in [2.75, 3.05) is 13.1 Å². The second kappa shape index (κ2) is 3.39. The molecule has 1 aromatic heterocycles. The lowest BCUT2D eigenvalue weighted by Gasteiger charge is -2.52. The van der Waals surface area contributed by atoms with Gasteiger partial charge in [0.05, 0.1) is 11.7 Å². The molecule has 15 heavy (non-hydrogen) atoms. The second-order valence-electron chi connectivity index (χ2n) is 4.35. The van der Waals surface area contributed by atoms with Gasteiger partial charge in [0.25, 0.3) is 0 Å². The van der Waals surface area contributed by atoms with Crippen molar-refractivity contribution in [3.63, 3.8) is 0 Å². The van der Waals surface area contributed by atoms with Gasteiger partial charge in [-0.15, -0.1) is 0 Å². The predicted molar refractivity (Wildman–Crippen MR) is 56.2 cm³/mol. The van der Waals surface area contributed by atoms with Gasteiger partial charge in [0.2, 0.25) is 5.76 Å². The van der Waals surface area contributed by atoms with Crippen molar-refractivity contribution in [2.45, 2.75) is 31.2 Å². The van der Waals surface area contributed by atoms with E-state index >= 15 is 0 Å². The average molecular weight is 202 g/mol. The number of hydrogen-bond acceptors (Lipinski definition) is 3. The normalized spacial score (nSPS) is 29.9. The highest BCUT2D eigenvalue weighted by Gasteiger charge is 2.44. The third-order valence-electron chi connectivity index (χ3n) is 3.53. The van der Waals surface area contributed by atoms with Crippen LogP contribution in [-0.2, 0) is 0 Å². The molecule has 3 nitrogen and oxygen atoms in total. The highest BCUT2D eigenvalue weighted by molar-refractivity contribution is 5.32. The van der Waals surface area contributed by atoms with Crippen LogP contribution in [0, 0.1) is 11.8 Å². The molecule has 78 valence electrons. The standard InChI is InChI=1S/C12H14N2O/c1-2-9-14-10-7-12(14,5-1)6-3-11-4-8-13-15-11/h4,8H,1-2,5,7,9-10H2. The molecule has 0 bridgehead atoms. The van der Waals surface area contributed by atoms with Crippen LogP contribution in [0.1, 0.15) is 31.4 Å². The van der Waals surface area contributed by atoms with Crippen LogP contribution in [0.15, 0.2) is 16.8 Å². The Morgan fingerprint density at radius 1 is 1.33 bits per heavy atom. The maximum atomic E-state index is 4.99. The summed E-state index contributed by atoms with van der Waals surface area (Å²) in [5, 5.41) is 3.65. The average Bonchev–Trinajstić information content (AvgIpc) is 2.72. The Hall–Kier alpha value is -1.27. The third-order valence-corrected chi connectivity index (χ3v) is 3.53. The summed E-state index contributed by atoms with van der Waals surface area (Å²) < 4.78 is 4.99. The van der Waals surface area contributed by atoms with E-state index in [1.165, 1.54) is 38.8 Å². The van der Waals surface area contributed by atoms with E-state index in [4.69, 9.17) is 4.52 Å². The van der Waals surface area contributed by atoms with Crippen molar-refractivity contribution in [3.05, 3.63) is 18.0 Å². The topological polar surface area (TPSA) is 29.3 Å². The second-order valence-corrected chi connectivity index (χ2v) is 4.35. The molecule has 0 radical (unpaired) electrons. The Bertz CT molecular complexity index is 401. The summed E-state index contributed by atoms with van der Waals surface area (Å²) in [5.41, 5.74) is 0.172. The fourth-order valence-corrected chi connectivity index (χ4v) is 2.53. The van der Waals surface area contributed by atoms with Gasteiger partial charge < -0.3 is 4.52 Å². The van der Waals surface area contributed by atoms with Crippen molar-refractivity contribution < 1.29 is 4.52 Å². The molecule has 0 saturated carbocycles. The van der Waals surface area contributed by atoms with Gasteiger partial charge in [-0.1, -0.05) is 11.1 Å². The summed E-state index contributed by atoms with van der Waals surface area (Å²) in [5.74, 6) is 7.16. The molecule has 0 aliphatic carbocycles. The highest BCUT2D eigenvalue weighted by atomic mass is 16.5. The minimum Gasteiger partial charge on any atom is -0.348 e. The first-order valence-corrected chi connectivity index (χ1v) is 5.58. The van der Waals surface area contributed by atoms with Crippen LogP contribution in [0.2, 0.25) is 0 Å². The summed E-state index contributed by atoms with van der Waals surface area (Å²) in [6.07, 6.45) is 6.71. The van der Waals surface area contributed by atoms with E-state index in [-0.39, 0.29) is 5.54 Å². The summed E-state index contributed by atoms with van der Waals surface area (Å²) in [4.78, 5) is 2.50. The van der Waals surface area contributed by atoms with Crippen molar-refractivity contribution in [3.8, 4) is 11.8 Å². The quantitative estimate of drug-likeness (QED) is 0.599. The van der Waals surface area contributed by atoms with Gasteiger partial charge in [-0.25, -0.2) is 0 Å². The number of hydrogen-bond donors (Lipinski definition) is 0. The molecule has 2 aliphatic rings. The molecule has 1 atom stereocenters. The van der Waals surface area contributed by atoms with Crippen LogP contribution in [-0.4, -0.2) is 28.7 Å². The summed E-state index contributed by atoms with van der Waals surface area (Å²) >= 11 is 0. The van der Waals surface area contributed by atoms with E-state index in [1.54, 1.807) is 6.20 Å². The number of rotatable bonds is 0. The summed E-state index contributed by atoms with van der Waals surface area (Å²) in [6, 6.07) is 1.81. The molecule has 0 aromatic carbocycles. The minimum atomic E-state index is 0.172. The lowest BCUT2D eigenvalue weighted by molar-refractivity contribution is -0.000130. The Morgan fingerprint density at radius 2 is 2.33 bits per heavy atom. The van der Waals surface area contributed by atoms with Crippen LogP contribution in [0.5, 0.6) is 0 Å². The first-order chi connectivity index (χ1) is 7.39. The van der Waals surface area contributed by atoms with E-state index in [2.05, 4.69) is 21.9 Å². The lowest BCUT2D eigenvalue weighted by atomic mass is 9.77. The number of fused-ring (bicyclic) bond motifs is 1. The van der Waals surface area contributed by atoms with Crippen LogP contribution in [0.4, 0.5) is 0 Å². The summed E-state index contributed by atoms with van der Waals surface area (Å²) in [6.45, 7) is 2.43. The highest BCUT2D eigenvalue weighted by Crippen LogP contribution is 2.38. The first kappa shape index (κ1) is 8.99. The van der Waals surface area contributed by atoms with E-state index in [0.717, 1.165) is 0 Å². The molecule has 1 aromatic rings. The van der Waals surface area contributed by atoms with Gasteiger partial charge in [0.15, 0.2) is 0 Å². The maximum absolute atomic E-state index is 4.99. The zero-order chi connectivity index (χ0) is 10.1. The van der Waals surface area contributed by atoms with Gasteiger partial charge in [0.1, 0.15) is 0 Å². The molecule has 0 spiro atoms. The Kier molecular flexibility index (Phi) is 2.03. The lowest BCUT2D eigenvalue weighted by Crippen LogP contribution is -2.61. The Balaban J connectivity index is 1.81. The fourth-order valence-electron chi connectivity index (χ4n) is 2.53. The molecule has 3 heteroatoms. The van der Waals surface area contributed by atoms with E-state index in [0.29, 0.717) is 5.76 Å². The van der Waals surface area contributed by atoms with Gasteiger partial charge in [-0.05, 0) is 38.1 Å². The predicted octanol–water partition coefficient (Wildman–Crippen LogP) is 1.65. The molecule has 2 saturated heterocycles. The van der Waals surface area contributed by atoms with Crippen molar-refractivity contribution >= 4 is 0 Å². The Labute approximate surface area is 89.4 Å². The van der Waals surface area contributed by atoms with Crippen LogP contribution in [0.25, 0.3) is 0 Å². The van der Waals surface area contributed by atoms with Gasteiger partial charge in [-0.2, -0.15) is 0 Å². The first-order valence-electron chi connectivity index (χ1n) is 5.58. The molecule has 1 unspecified atom stereocenters. The van der Waals surface area contributed by atoms with Crippen molar-refractivity contribution in [2.24, 2.45) is 0 Å². The van der Waals surface area contributed by atoms with Crippen LogP contribution < -0.4 is 0 Å². The molecular formula is C12H14N2O. The minimum absolute atomic E-state index is 0.172. The molecule has 3 rings (SSSR count). The monoisotopic (exact) mass is 202 g/mol. The van der Waals surface area contributed by atoms with Gasteiger partial charge >= 0.3 is 0 Å². The Morgan fingerprint density at radius 3 is 3.00 bits per heavy atom. The molecule has 2 fully saturated rings. The summed E-state index contributed by atoms with van der Waals surface area (Å²) in [7, 11) is 0. The fraction of sp³-hybridized carbons (Fsp3) is 0.583. The third kappa shape index (κ3) is 1.46. The zero-order valence-electron chi connectivity index (χ0n) is 8.70. The largest absolute Gasteiger partial charge is 0.348 e. The van der Waals surface area contributed by atoms with E-state index < -0.39 is 0 Å². The maximum Gasteiger partial charge on any atom is 0.209 e. The number of piperidine rings is 1. The zero-order valence-corrected chi connectivity index (χ0v) is 8.70. The van der Waals surface area contributed by atoms with E-state index in [9.17, 15) is 0 Å². The molecular weight excluding hydrogens is 188 g/mol. The van der Waals surface area contributed by atoms with Gasteiger partial charge in [0, 0.05) is 12.6 Å². The number of nitrogens with zero attached hydrogens (tertiary/aromatic N) is 2.